The second-order valence-corrected chi connectivity index (χ2v) is 8.22. The molecule has 1 amide bonds. The summed E-state index contributed by atoms with van der Waals surface area (Å²) in [5.74, 6) is 2.28. The van der Waals surface area contributed by atoms with E-state index in [1.165, 1.54) is 6.33 Å². The van der Waals surface area contributed by atoms with Crippen LogP contribution in [0.5, 0.6) is 11.6 Å². The normalized spacial score (nSPS) is 15.2. The third-order valence-electron chi connectivity index (χ3n) is 5.59. The zero-order valence-corrected chi connectivity index (χ0v) is 18.9. The maximum Gasteiger partial charge on any atom is 0.225 e. The highest BCUT2D eigenvalue weighted by atomic mass is 35.5. The van der Waals surface area contributed by atoms with E-state index in [2.05, 4.69) is 28.7 Å². The monoisotopic (exact) mass is 430 g/mol. The van der Waals surface area contributed by atoms with Gasteiger partial charge in [0.15, 0.2) is 0 Å². The Hall–Kier alpha value is -2.34. The third-order valence-corrected chi connectivity index (χ3v) is 5.90. The molecule has 0 saturated carbocycles. The van der Waals surface area contributed by atoms with Crippen LogP contribution in [0.1, 0.15) is 45.1 Å². The van der Waals surface area contributed by atoms with Crippen molar-refractivity contribution in [3.63, 3.8) is 0 Å². The van der Waals surface area contributed by atoms with Gasteiger partial charge in [0.2, 0.25) is 11.8 Å². The minimum Gasteiger partial charge on any atom is -0.437 e. The largest absolute Gasteiger partial charge is 0.437 e. The number of aryl methyl sites for hydroxylation is 1. The van der Waals surface area contributed by atoms with Crippen LogP contribution in [0.3, 0.4) is 0 Å². The molecule has 0 unspecified atom stereocenters. The lowest BCUT2D eigenvalue weighted by molar-refractivity contribution is -0.136. The molecule has 1 aromatic heterocycles. The van der Waals surface area contributed by atoms with Crippen molar-refractivity contribution in [2.45, 2.75) is 46.5 Å². The standard InChI is InChI=1S/C23H31ClN4O2/c1-4-6-7-18(5-2)23(29)28-12-10-27(11-13-28)21-15-22(26-16-25-21)30-20-14-17(3)8-9-19(20)24/h8-9,14-16,18H,4-7,10-13H2,1-3H3/t18-/m1/s1. The summed E-state index contributed by atoms with van der Waals surface area (Å²) in [4.78, 5) is 25.6. The number of hydrogen-bond acceptors (Lipinski definition) is 5. The maximum absolute atomic E-state index is 12.8. The topological polar surface area (TPSA) is 58.6 Å². The zero-order valence-electron chi connectivity index (χ0n) is 18.1. The van der Waals surface area contributed by atoms with Crippen LogP contribution in [0.4, 0.5) is 5.82 Å². The second kappa shape index (κ2) is 10.6. The number of rotatable bonds is 8. The third kappa shape index (κ3) is 5.63. The molecule has 7 heteroatoms. The van der Waals surface area contributed by atoms with Crippen LogP contribution in [-0.2, 0) is 4.79 Å². The molecule has 2 heterocycles. The lowest BCUT2D eigenvalue weighted by atomic mass is 9.97. The fraction of sp³-hybridized carbons (Fsp3) is 0.522. The van der Waals surface area contributed by atoms with Crippen LogP contribution in [-0.4, -0.2) is 47.0 Å². The Kier molecular flexibility index (Phi) is 7.91. The maximum atomic E-state index is 12.8. The fourth-order valence-corrected chi connectivity index (χ4v) is 3.88. The molecule has 0 bridgehead atoms. The van der Waals surface area contributed by atoms with Gasteiger partial charge in [-0.3, -0.25) is 4.79 Å². The number of halogens is 1. The molecule has 1 fully saturated rings. The lowest BCUT2D eigenvalue weighted by Crippen LogP contribution is -2.50. The lowest BCUT2D eigenvalue weighted by Gasteiger charge is -2.37. The van der Waals surface area contributed by atoms with E-state index in [-0.39, 0.29) is 5.92 Å². The predicted molar refractivity (Wildman–Crippen MR) is 120 cm³/mol. The molecule has 6 nitrogen and oxygen atoms in total. The Morgan fingerprint density at radius 3 is 2.63 bits per heavy atom. The van der Waals surface area contributed by atoms with Crippen molar-refractivity contribution in [3.05, 3.63) is 41.2 Å². The minimum absolute atomic E-state index is 0.148. The molecule has 1 saturated heterocycles. The predicted octanol–water partition coefficient (Wildman–Crippen LogP) is 5.10. The first kappa shape index (κ1) is 22.3. The SMILES string of the molecule is CCCC[C@@H](CC)C(=O)N1CCN(c2cc(Oc3cc(C)ccc3Cl)ncn2)CC1. The van der Waals surface area contributed by atoms with Gasteiger partial charge in [-0.25, -0.2) is 9.97 Å². The molecule has 3 rings (SSSR count). The van der Waals surface area contributed by atoms with Crippen LogP contribution < -0.4 is 9.64 Å². The van der Waals surface area contributed by atoms with E-state index in [0.29, 0.717) is 35.6 Å². The fourth-order valence-electron chi connectivity index (χ4n) is 3.73. The highest BCUT2D eigenvalue weighted by Gasteiger charge is 2.26. The summed E-state index contributed by atoms with van der Waals surface area (Å²) in [7, 11) is 0. The number of hydrogen-bond donors (Lipinski definition) is 0. The van der Waals surface area contributed by atoms with Crippen molar-refractivity contribution in [2.24, 2.45) is 5.92 Å². The van der Waals surface area contributed by atoms with Gasteiger partial charge in [0.05, 0.1) is 5.02 Å². The number of aromatic nitrogens is 2. The smallest absolute Gasteiger partial charge is 0.225 e. The molecule has 0 radical (unpaired) electrons. The van der Waals surface area contributed by atoms with Crippen molar-refractivity contribution < 1.29 is 9.53 Å². The number of anilines is 1. The summed E-state index contributed by atoms with van der Waals surface area (Å²) in [6, 6.07) is 7.46. The van der Waals surface area contributed by atoms with Crippen LogP contribution in [0, 0.1) is 12.8 Å². The first-order valence-electron chi connectivity index (χ1n) is 10.8. The number of ether oxygens (including phenoxy) is 1. The number of amides is 1. The van der Waals surface area contributed by atoms with E-state index in [1.807, 2.05) is 36.1 Å². The molecule has 0 aliphatic carbocycles. The Balaban J connectivity index is 1.61. The Labute approximate surface area is 184 Å². The number of carbonyl (C=O) groups is 1. The van der Waals surface area contributed by atoms with Crippen molar-refractivity contribution in [2.75, 3.05) is 31.1 Å². The van der Waals surface area contributed by atoms with Gasteiger partial charge < -0.3 is 14.5 Å². The van der Waals surface area contributed by atoms with Crippen molar-refractivity contribution in [3.8, 4) is 11.6 Å². The van der Waals surface area contributed by atoms with E-state index in [4.69, 9.17) is 16.3 Å². The van der Waals surface area contributed by atoms with Gasteiger partial charge in [-0.05, 0) is 37.5 Å². The quantitative estimate of drug-likeness (QED) is 0.583. The van der Waals surface area contributed by atoms with Gasteiger partial charge in [-0.15, -0.1) is 0 Å². The van der Waals surface area contributed by atoms with Gasteiger partial charge in [0, 0.05) is 38.2 Å². The van der Waals surface area contributed by atoms with Crippen molar-refractivity contribution in [1.29, 1.82) is 0 Å². The summed E-state index contributed by atoms with van der Waals surface area (Å²) in [6.45, 7) is 9.19. The van der Waals surface area contributed by atoms with Crippen LogP contribution in [0.25, 0.3) is 0 Å². The summed E-state index contributed by atoms with van der Waals surface area (Å²) in [6.07, 6.45) is 5.64. The number of carbonyl (C=O) groups excluding carboxylic acids is 1. The molecule has 1 aromatic carbocycles. The minimum atomic E-state index is 0.148. The number of piperazine rings is 1. The molecular formula is C23H31ClN4O2. The number of benzene rings is 1. The summed E-state index contributed by atoms with van der Waals surface area (Å²) in [5, 5.41) is 0.543. The first-order chi connectivity index (χ1) is 14.5. The summed E-state index contributed by atoms with van der Waals surface area (Å²) >= 11 is 6.23. The Morgan fingerprint density at radius 2 is 1.93 bits per heavy atom. The molecule has 1 atom stereocenters. The number of nitrogens with zero attached hydrogens (tertiary/aromatic N) is 4. The molecule has 162 valence electrons. The van der Waals surface area contributed by atoms with Gasteiger partial charge in [0.25, 0.3) is 0 Å². The Bertz CT molecular complexity index is 853. The van der Waals surface area contributed by atoms with Crippen molar-refractivity contribution in [1.82, 2.24) is 14.9 Å². The average molecular weight is 431 g/mol. The van der Waals surface area contributed by atoms with Gasteiger partial charge >= 0.3 is 0 Å². The number of unbranched alkanes of at least 4 members (excludes halogenated alkanes) is 1. The average Bonchev–Trinajstić information content (AvgIpc) is 2.77. The van der Waals surface area contributed by atoms with E-state index in [0.717, 1.165) is 50.2 Å². The molecule has 30 heavy (non-hydrogen) atoms. The highest BCUT2D eigenvalue weighted by molar-refractivity contribution is 6.32. The van der Waals surface area contributed by atoms with Crippen LogP contribution in [0.2, 0.25) is 5.02 Å². The van der Waals surface area contributed by atoms with Gasteiger partial charge in [-0.2, -0.15) is 0 Å². The zero-order chi connectivity index (χ0) is 21.5. The second-order valence-electron chi connectivity index (χ2n) is 7.81. The molecule has 2 aromatic rings. The summed E-state index contributed by atoms with van der Waals surface area (Å²) in [5.41, 5.74) is 1.06. The van der Waals surface area contributed by atoms with Crippen LogP contribution >= 0.6 is 11.6 Å². The molecular weight excluding hydrogens is 400 g/mol. The van der Waals surface area contributed by atoms with Gasteiger partial charge in [0.1, 0.15) is 17.9 Å². The van der Waals surface area contributed by atoms with E-state index < -0.39 is 0 Å². The Morgan fingerprint density at radius 1 is 1.17 bits per heavy atom. The van der Waals surface area contributed by atoms with Crippen molar-refractivity contribution >= 4 is 23.3 Å². The first-order valence-corrected chi connectivity index (χ1v) is 11.2. The molecule has 0 N–H and O–H groups in total. The van der Waals surface area contributed by atoms with Crippen LogP contribution in [0.15, 0.2) is 30.6 Å². The molecule has 0 spiro atoms. The van der Waals surface area contributed by atoms with E-state index in [9.17, 15) is 4.79 Å². The molecule has 1 aliphatic heterocycles. The van der Waals surface area contributed by atoms with E-state index in [1.54, 1.807) is 0 Å². The highest BCUT2D eigenvalue weighted by Crippen LogP contribution is 2.30. The summed E-state index contributed by atoms with van der Waals surface area (Å²) < 4.78 is 5.89. The molecule has 1 aliphatic rings. The van der Waals surface area contributed by atoms with E-state index >= 15 is 0 Å². The van der Waals surface area contributed by atoms with Gasteiger partial charge in [-0.1, -0.05) is 44.4 Å².